The van der Waals surface area contributed by atoms with Crippen molar-refractivity contribution in [1.29, 1.82) is 10.8 Å². The number of imide groups is 1. The molecule has 1 saturated heterocycles. The molecule has 1 fully saturated rings. The maximum absolute atomic E-state index is 11.4. The predicted octanol–water partition coefficient (Wildman–Crippen LogP) is 0.597. The molecule has 6 nitrogen and oxygen atoms in total. The molecule has 0 spiro atoms. The lowest BCUT2D eigenvalue weighted by Crippen LogP contribution is -2.24. The maximum Gasteiger partial charge on any atom is 0.281 e. The zero-order valence-electron chi connectivity index (χ0n) is 8.73. The Balaban J connectivity index is 2.33. The molecule has 17 heavy (non-hydrogen) atoms. The first-order valence-corrected chi connectivity index (χ1v) is 4.83. The van der Waals surface area contributed by atoms with Gasteiger partial charge in [-0.25, -0.2) is 0 Å². The predicted molar refractivity (Wildman–Crippen MR) is 59.0 cm³/mol. The second-order valence-electron chi connectivity index (χ2n) is 3.63. The van der Waals surface area contributed by atoms with E-state index in [9.17, 15) is 9.59 Å². The molecule has 0 saturated carbocycles. The molecule has 3 N–H and O–H groups in total. The third kappa shape index (κ3) is 1.85. The average molecular weight is 231 g/mol. The lowest BCUT2D eigenvalue weighted by Gasteiger charge is -2.07. The van der Waals surface area contributed by atoms with Crippen LogP contribution in [0.1, 0.15) is 6.42 Å². The highest BCUT2D eigenvalue weighted by molar-refractivity contribution is 6.51. The van der Waals surface area contributed by atoms with Crippen LogP contribution in [0.4, 0.5) is 0 Å². The highest BCUT2D eigenvalue weighted by Crippen LogP contribution is 2.20. The van der Waals surface area contributed by atoms with Gasteiger partial charge in [0.05, 0.1) is 17.8 Å². The maximum atomic E-state index is 11.4. The van der Waals surface area contributed by atoms with Crippen LogP contribution in [0.25, 0.3) is 0 Å². The van der Waals surface area contributed by atoms with Gasteiger partial charge in [0.2, 0.25) is 0 Å². The molecule has 0 aromatic carbocycles. The molecule has 1 aliphatic carbocycles. The Labute approximate surface area is 96.5 Å². The Hall–Kier alpha value is -2.34. The van der Waals surface area contributed by atoms with Gasteiger partial charge >= 0.3 is 0 Å². The fourth-order valence-corrected chi connectivity index (χ4v) is 1.55. The number of carbonyl (C=O) groups excluding carboxylic acids is 2. The van der Waals surface area contributed by atoms with Gasteiger partial charge in [-0.1, -0.05) is 12.2 Å². The van der Waals surface area contributed by atoms with Crippen LogP contribution in [0, 0.1) is 10.8 Å². The second kappa shape index (κ2) is 3.91. The van der Waals surface area contributed by atoms with E-state index in [4.69, 9.17) is 16.0 Å². The summed E-state index contributed by atoms with van der Waals surface area (Å²) in [5.74, 6) is -1.46. The minimum atomic E-state index is -0.773. The molecule has 1 aliphatic heterocycles. The van der Waals surface area contributed by atoms with Gasteiger partial charge in [0, 0.05) is 11.1 Å². The van der Waals surface area contributed by atoms with Gasteiger partial charge in [0.25, 0.3) is 11.8 Å². The number of allylic oxidation sites excluding steroid dienone is 5. The van der Waals surface area contributed by atoms with Crippen molar-refractivity contribution >= 4 is 23.2 Å². The summed E-state index contributed by atoms with van der Waals surface area (Å²) < 4.78 is 0. The van der Waals surface area contributed by atoms with Crippen LogP contribution in [-0.4, -0.2) is 33.5 Å². The molecule has 0 aromatic heterocycles. The Morgan fingerprint density at radius 2 is 2.06 bits per heavy atom. The minimum Gasteiger partial charge on any atom is -0.299 e. The number of hydrogen-bond donors (Lipinski definition) is 3. The summed E-state index contributed by atoms with van der Waals surface area (Å²) in [6, 6.07) is 0. The van der Waals surface area contributed by atoms with Crippen molar-refractivity contribution in [3.05, 3.63) is 35.5 Å². The second-order valence-corrected chi connectivity index (χ2v) is 3.63. The van der Waals surface area contributed by atoms with Gasteiger partial charge in [-0.2, -0.15) is 5.06 Å². The Morgan fingerprint density at radius 1 is 1.35 bits per heavy atom. The zero-order chi connectivity index (χ0) is 12.6. The van der Waals surface area contributed by atoms with E-state index in [0.29, 0.717) is 5.57 Å². The SMILES string of the molecule is N=C1C=CC=C(C=C2CC(=O)N(O)C2=O)C1=N. The van der Waals surface area contributed by atoms with Gasteiger partial charge < -0.3 is 0 Å². The monoisotopic (exact) mass is 231 g/mol. The quantitative estimate of drug-likeness (QED) is 0.266. The zero-order valence-corrected chi connectivity index (χ0v) is 8.73. The lowest BCUT2D eigenvalue weighted by molar-refractivity contribution is -0.170. The highest BCUT2D eigenvalue weighted by Gasteiger charge is 2.33. The van der Waals surface area contributed by atoms with E-state index in [-0.39, 0.29) is 28.5 Å². The van der Waals surface area contributed by atoms with Crippen molar-refractivity contribution < 1.29 is 14.8 Å². The summed E-state index contributed by atoms with van der Waals surface area (Å²) in [6.45, 7) is 0. The number of amides is 2. The first kappa shape index (κ1) is 11.2. The summed E-state index contributed by atoms with van der Waals surface area (Å²) in [6.07, 6.45) is 5.80. The van der Waals surface area contributed by atoms with Crippen LogP contribution < -0.4 is 0 Å². The van der Waals surface area contributed by atoms with E-state index < -0.39 is 11.8 Å². The third-order valence-electron chi connectivity index (χ3n) is 2.47. The van der Waals surface area contributed by atoms with Gasteiger partial charge in [-0.05, 0) is 12.2 Å². The molecular formula is C11H9N3O3. The van der Waals surface area contributed by atoms with E-state index in [1.54, 1.807) is 12.2 Å². The van der Waals surface area contributed by atoms with Crippen molar-refractivity contribution in [3.8, 4) is 0 Å². The Bertz CT molecular complexity index is 540. The van der Waals surface area contributed by atoms with Gasteiger partial charge in [-0.15, -0.1) is 0 Å². The molecule has 2 amide bonds. The van der Waals surface area contributed by atoms with Crippen molar-refractivity contribution in [2.24, 2.45) is 0 Å². The number of hydrogen-bond acceptors (Lipinski definition) is 5. The normalized spacial score (nSPS) is 22.8. The molecule has 86 valence electrons. The molecule has 2 aliphatic rings. The van der Waals surface area contributed by atoms with Crippen LogP contribution in [-0.2, 0) is 9.59 Å². The molecule has 0 radical (unpaired) electrons. The van der Waals surface area contributed by atoms with Crippen molar-refractivity contribution in [3.63, 3.8) is 0 Å². The van der Waals surface area contributed by atoms with Crippen LogP contribution in [0.15, 0.2) is 35.5 Å². The molecule has 0 aromatic rings. The standard InChI is InChI=1S/C11H9N3O3/c12-8-3-1-2-6(10(8)13)4-7-5-9(15)14(17)11(7)16/h1-4,12-13,17H,5H2. The van der Waals surface area contributed by atoms with Crippen LogP contribution >= 0.6 is 0 Å². The van der Waals surface area contributed by atoms with Gasteiger partial charge in [0.15, 0.2) is 0 Å². The van der Waals surface area contributed by atoms with Gasteiger partial charge in [0.1, 0.15) is 0 Å². The molecular weight excluding hydrogens is 222 g/mol. The Morgan fingerprint density at radius 3 is 2.65 bits per heavy atom. The van der Waals surface area contributed by atoms with Crippen LogP contribution in [0.3, 0.4) is 0 Å². The first-order chi connectivity index (χ1) is 8.00. The largest absolute Gasteiger partial charge is 0.299 e. The van der Waals surface area contributed by atoms with E-state index in [1.165, 1.54) is 12.2 Å². The highest BCUT2D eigenvalue weighted by atomic mass is 16.5. The molecule has 0 bridgehead atoms. The molecule has 0 atom stereocenters. The minimum absolute atomic E-state index is 0.0170. The molecule has 0 unspecified atom stereocenters. The fourth-order valence-electron chi connectivity index (χ4n) is 1.55. The summed E-state index contributed by atoms with van der Waals surface area (Å²) >= 11 is 0. The summed E-state index contributed by atoms with van der Waals surface area (Å²) in [5.41, 5.74) is 0.522. The van der Waals surface area contributed by atoms with Crippen molar-refractivity contribution in [1.82, 2.24) is 5.06 Å². The number of rotatable bonds is 1. The number of hydroxylamine groups is 2. The first-order valence-electron chi connectivity index (χ1n) is 4.83. The summed E-state index contributed by atoms with van der Waals surface area (Å²) in [5, 5.41) is 24.2. The summed E-state index contributed by atoms with van der Waals surface area (Å²) in [7, 11) is 0. The van der Waals surface area contributed by atoms with E-state index in [1.807, 2.05) is 0 Å². The van der Waals surface area contributed by atoms with E-state index in [0.717, 1.165) is 0 Å². The van der Waals surface area contributed by atoms with Crippen LogP contribution in [0.5, 0.6) is 0 Å². The molecule has 6 heteroatoms. The lowest BCUT2D eigenvalue weighted by atomic mass is 9.98. The molecule has 2 rings (SSSR count). The number of carbonyl (C=O) groups is 2. The fraction of sp³-hybridized carbons (Fsp3) is 0.0909. The van der Waals surface area contributed by atoms with Crippen molar-refractivity contribution in [2.45, 2.75) is 6.42 Å². The molecule has 1 heterocycles. The van der Waals surface area contributed by atoms with E-state index >= 15 is 0 Å². The van der Waals surface area contributed by atoms with Crippen LogP contribution in [0.2, 0.25) is 0 Å². The smallest absolute Gasteiger partial charge is 0.281 e. The Kier molecular flexibility index (Phi) is 2.57. The van der Waals surface area contributed by atoms with E-state index in [2.05, 4.69) is 0 Å². The third-order valence-corrected chi connectivity index (χ3v) is 2.47. The van der Waals surface area contributed by atoms with Gasteiger partial charge in [-0.3, -0.25) is 25.6 Å². The summed E-state index contributed by atoms with van der Waals surface area (Å²) in [4.78, 5) is 22.5. The number of nitrogens with one attached hydrogen (secondary N) is 2. The number of nitrogens with zero attached hydrogens (tertiary/aromatic N) is 1. The topological polar surface area (TPSA) is 105 Å². The van der Waals surface area contributed by atoms with Crippen molar-refractivity contribution in [2.75, 3.05) is 0 Å². The average Bonchev–Trinajstić information content (AvgIpc) is 2.53.